The second kappa shape index (κ2) is 7.85. The van der Waals surface area contributed by atoms with Gasteiger partial charge < -0.3 is 19.1 Å². The van der Waals surface area contributed by atoms with Crippen molar-refractivity contribution in [1.82, 2.24) is 9.80 Å². The number of piperazine rings is 1. The number of fused-ring (bicyclic) bond motifs is 1. The number of ether oxygens (including phenoxy) is 3. The van der Waals surface area contributed by atoms with E-state index in [0.717, 1.165) is 5.56 Å². The van der Waals surface area contributed by atoms with Crippen molar-refractivity contribution in [2.24, 2.45) is 0 Å². The second-order valence-corrected chi connectivity index (χ2v) is 7.12. The van der Waals surface area contributed by atoms with Crippen LogP contribution >= 0.6 is 11.6 Å². The lowest BCUT2D eigenvalue weighted by Crippen LogP contribution is -2.48. The number of hydrogen-bond acceptors (Lipinski definition) is 5. The molecule has 1 saturated heterocycles. The molecule has 0 bridgehead atoms. The third kappa shape index (κ3) is 3.72. The first-order valence-electron chi connectivity index (χ1n) is 8.98. The number of halogens is 2. The van der Waals surface area contributed by atoms with Crippen molar-refractivity contribution in [3.63, 3.8) is 0 Å². The van der Waals surface area contributed by atoms with Crippen LogP contribution in [0.3, 0.4) is 0 Å². The number of amides is 1. The zero-order valence-electron chi connectivity index (χ0n) is 15.4. The van der Waals surface area contributed by atoms with Gasteiger partial charge in [0.1, 0.15) is 11.6 Å². The first kappa shape index (κ1) is 18.8. The van der Waals surface area contributed by atoms with E-state index in [0.29, 0.717) is 60.6 Å². The Bertz CT molecular complexity index is 900. The van der Waals surface area contributed by atoms with E-state index in [1.807, 2.05) is 0 Å². The summed E-state index contributed by atoms with van der Waals surface area (Å²) in [6.07, 6.45) is 0. The van der Waals surface area contributed by atoms with Crippen molar-refractivity contribution in [3.8, 4) is 17.2 Å². The summed E-state index contributed by atoms with van der Waals surface area (Å²) in [6, 6.07) is 7.79. The van der Waals surface area contributed by atoms with Crippen LogP contribution in [0.25, 0.3) is 0 Å². The van der Waals surface area contributed by atoms with Gasteiger partial charge >= 0.3 is 0 Å². The van der Waals surface area contributed by atoms with Crippen LogP contribution in [-0.4, -0.2) is 55.8 Å². The summed E-state index contributed by atoms with van der Waals surface area (Å²) in [6.45, 7) is 3.19. The lowest BCUT2D eigenvalue weighted by Gasteiger charge is -2.35. The maximum absolute atomic E-state index is 13.6. The molecule has 4 rings (SSSR count). The van der Waals surface area contributed by atoms with E-state index in [1.165, 1.54) is 12.1 Å². The molecule has 2 aromatic carbocycles. The average molecular weight is 407 g/mol. The van der Waals surface area contributed by atoms with Gasteiger partial charge in [-0.15, -0.1) is 0 Å². The van der Waals surface area contributed by atoms with Crippen LogP contribution in [-0.2, 0) is 6.54 Å². The number of methoxy groups -OCH3 is 1. The Morgan fingerprint density at radius 3 is 2.71 bits per heavy atom. The summed E-state index contributed by atoms with van der Waals surface area (Å²) < 4.78 is 29.5. The van der Waals surface area contributed by atoms with E-state index < -0.39 is 0 Å². The minimum absolute atomic E-state index is 0.0943. The predicted molar refractivity (Wildman–Crippen MR) is 102 cm³/mol. The summed E-state index contributed by atoms with van der Waals surface area (Å²) in [4.78, 5) is 16.8. The highest BCUT2D eigenvalue weighted by Crippen LogP contribution is 2.40. The van der Waals surface area contributed by atoms with Gasteiger partial charge in [-0.1, -0.05) is 11.6 Å². The van der Waals surface area contributed by atoms with Crippen molar-refractivity contribution < 1.29 is 23.4 Å². The van der Waals surface area contributed by atoms with Gasteiger partial charge in [0.2, 0.25) is 6.79 Å². The molecule has 28 heavy (non-hydrogen) atoms. The summed E-state index contributed by atoms with van der Waals surface area (Å²) in [5, 5.41) is 0.371. The van der Waals surface area contributed by atoms with E-state index >= 15 is 0 Å². The summed E-state index contributed by atoms with van der Waals surface area (Å²) in [5.41, 5.74) is 1.28. The SMILES string of the molecule is COc1ccc(F)cc1CN1CCN(C(=O)c2cc(Cl)c3c(c2)OCO3)CC1. The molecular formula is C20H20ClFN2O4. The lowest BCUT2D eigenvalue weighted by atomic mass is 10.1. The van der Waals surface area contributed by atoms with Crippen LogP contribution in [0.4, 0.5) is 4.39 Å². The molecule has 1 fully saturated rings. The minimum atomic E-state index is -0.288. The number of carbonyl (C=O) groups is 1. The van der Waals surface area contributed by atoms with Crippen molar-refractivity contribution in [3.05, 3.63) is 52.3 Å². The van der Waals surface area contributed by atoms with Crippen molar-refractivity contribution in [2.45, 2.75) is 6.54 Å². The fourth-order valence-electron chi connectivity index (χ4n) is 3.49. The highest BCUT2D eigenvalue weighted by Gasteiger charge is 2.26. The van der Waals surface area contributed by atoms with Gasteiger partial charge in [-0.3, -0.25) is 9.69 Å². The summed E-state index contributed by atoms with van der Waals surface area (Å²) in [5.74, 6) is 1.25. The zero-order valence-corrected chi connectivity index (χ0v) is 16.2. The molecule has 2 aliphatic rings. The van der Waals surface area contributed by atoms with Crippen molar-refractivity contribution in [2.75, 3.05) is 40.1 Å². The maximum Gasteiger partial charge on any atom is 0.254 e. The molecule has 0 unspecified atom stereocenters. The van der Waals surface area contributed by atoms with Gasteiger partial charge in [-0.05, 0) is 30.3 Å². The van der Waals surface area contributed by atoms with Crippen LogP contribution < -0.4 is 14.2 Å². The number of carbonyl (C=O) groups excluding carboxylic acids is 1. The molecule has 0 radical (unpaired) electrons. The normalized spacial score (nSPS) is 16.3. The van der Waals surface area contributed by atoms with Crippen molar-refractivity contribution >= 4 is 17.5 Å². The Hall–Kier alpha value is -2.51. The lowest BCUT2D eigenvalue weighted by molar-refractivity contribution is 0.0627. The van der Waals surface area contributed by atoms with Crippen LogP contribution in [0.5, 0.6) is 17.2 Å². The van der Waals surface area contributed by atoms with Gasteiger partial charge in [0.15, 0.2) is 11.5 Å². The molecule has 0 atom stereocenters. The number of nitrogens with zero attached hydrogens (tertiary/aromatic N) is 2. The third-order valence-corrected chi connectivity index (χ3v) is 5.25. The monoisotopic (exact) mass is 406 g/mol. The molecule has 0 spiro atoms. The maximum atomic E-state index is 13.6. The molecule has 0 aromatic heterocycles. The number of rotatable bonds is 4. The number of hydrogen-bond donors (Lipinski definition) is 0. The molecule has 2 heterocycles. The molecule has 2 aliphatic heterocycles. The first-order valence-corrected chi connectivity index (χ1v) is 9.36. The topological polar surface area (TPSA) is 51.2 Å². The number of benzene rings is 2. The minimum Gasteiger partial charge on any atom is -0.496 e. The zero-order chi connectivity index (χ0) is 19.7. The standard InChI is InChI=1S/C20H20ClFN2O4/c1-26-17-3-2-15(22)8-14(17)11-23-4-6-24(7-5-23)20(25)13-9-16(21)19-18(10-13)27-12-28-19/h2-3,8-10H,4-7,11-12H2,1H3. The fourth-order valence-corrected chi connectivity index (χ4v) is 3.76. The van der Waals surface area contributed by atoms with E-state index in [-0.39, 0.29) is 18.5 Å². The van der Waals surface area contributed by atoms with E-state index in [9.17, 15) is 9.18 Å². The van der Waals surface area contributed by atoms with E-state index in [1.54, 1.807) is 30.2 Å². The van der Waals surface area contributed by atoms with Crippen LogP contribution in [0.2, 0.25) is 5.02 Å². The molecule has 6 nitrogen and oxygen atoms in total. The van der Waals surface area contributed by atoms with Gasteiger partial charge in [0.05, 0.1) is 12.1 Å². The Balaban J connectivity index is 1.40. The van der Waals surface area contributed by atoms with Gasteiger partial charge in [-0.2, -0.15) is 0 Å². The Morgan fingerprint density at radius 1 is 1.18 bits per heavy atom. The predicted octanol–water partition coefficient (Wildman–Crippen LogP) is 3.17. The van der Waals surface area contributed by atoms with Crippen LogP contribution in [0.15, 0.2) is 30.3 Å². The summed E-state index contributed by atoms with van der Waals surface area (Å²) in [7, 11) is 1.57. The second-order valence-electron chi connectivity index (χ2n) is 6.72. The highest BCUT2D eigenvalue weighted by atomic mass is 35.5. The highest BCUT2D eigenvalue weighted by molar-refractivity contribution is 6.32. The molecule has 1 amide bonds. The molecule has 8 heteroatoms. The fraction of sp³-hybridized carbons (Fsp3) is 0.350. The van der Waals surface area contributed by atoms with Gasteiger partial charge in [0, 0.05) is 43.9 Å². The first-order chi connectivity index (χ1) is 13.5. The Labute approximate surface area is 167 Å². The quantitative estimate of drug-likeness (QED) is 0.780. The van der Waals surface area contributed by atoms with E-state index in [4.69, 9.17) is 25.8 Å². The molecule has 0 N–H and O–H groups in total. The molecular weight excluding hydrogens is 387 g/mol. The smallest absolute Gasteiger partial charge is 0.254 e. The van der Waals surface area contributed by atoms with Crippen molar-refractivity contribution in [1.29, 1.82) is 0 Å². The van der Waals surface area contributed by atoms with Gasteiger partial charge in [-0.25, -0.2) is 4.39 Å². The van der Waals surface area contributed by atoms with Crippen LogP contribution in [0.1, 0.15) is 15.9 Å². The Kier molecular flexibility index (Phi) is 5.28. The third-order valence-electron chi connectivity index (χ3n) is 4.97. The molecule has 148 valence electrons. The summed E-state index contributed by atoms with van der Waals surface area (Å²) >= 11 is 6.19. The molecule has 2 aromatic rings. The molecule has 0 aliphatic carbocycles. The largest absolute Gasteiger partial charge is 0.496 e. The Morgan fingerprint density at radius 2 is 1.96 bits per heavy atom. The average Bonchev–Trinajstić information content (AvgIpc) is 3.17. The van der Waals surface area contributed by atoms with Gasteiger partial charge in [0.25, 0.3) is 5.91 Å². The van der Waals surface area contributed by atoms with E-state index in [2.05, 4.69) is 4.90 Å². The van der Waals surface area contributed by atoms with Crippen LogP contribution in [0, 0.1) is 5.82 Å². The molecule has 0 saturated carbocycles.